The zero-order valence-corrected chi connectivity index (χ0v) is 11.9. The van der Waals surface area contributed by atoms with Gasteiger partial charge < -0.3 is 10.4 Å². The number of hydrogen-bond donors (Lipinski definition) is 2. The number of aryl methyl sites for hydroxylation is 1. The van der Waals surface area contributed by atoms with Crippen molar-refractivity contribution in [3.63, 3.8) is 0 Å². The van der Waals surface area contributed by atoms with Crippen LogP contribution in [0.25, 0.3) is 5.78 Å². The van der Waals surface area contributed by atoms with E-state index < -0.39 is 0 Å². The van der Waals surface area contributed by atoms with Crippen LogP contribution in [0.15, 0.2) is 12.4 Å². The molecule has 0 amide bonds. The average molecular weight is 263 g/mol. The monoisotopic (exact) mass is 263 g/mol. The van der Waals surface area contributed by atoms with Crippen LogP contribution in [0.2, 0.25) is 0 Å². The highest BCUT2D eigenvalue weighted by Gasteiger charge is 2.25. The lowest BCUT2D eigenvalue weighted by Crippen LogP contribution is -2.35. The highest BCUT2D eigenvalue weighted by atomic mass is 16.3. The van der Waals surface area contributed by atoms with Crippen LogP contribution in [-0.2, 0) is 0 Å². The fraction of sp³-hybridized carbons (Fsp3) is 0.615. The van der Waals surface area contributed by atoms with Crippen molar-refractivity contribution in [2.75, 3.05) is 11.9 Å². The van der Waals surface area contributed by atoms with Crippen LogP contribution >= 0.6 is 0 Å². The molecule has 0 bridgehead atoms. The average Bonchev–Trinajstić information content (AvgIpc) is 2.74. The number of hydrogen-bond acceptors (Lipinski definition) is 5. The molecule has 0 spiro atoms. The van der Waals surface area contributed by atoms with Crippen molar-refractivity contribution in [2.45, 2.75) is 40.2 Å². The molecule has 6 nitrogen and oxygen atoms in total. The Balaban J connectivity index is 2.35. The van der Waals surface area contributed by atoms with Crippen LogP contribution in [0.5, 0.6) is 0 Å². The summed E-state index contributed by atoms with van der Waals surface area (Å²) in [5.74, 6) is 1.44. The molecular formula is C13H21N5O. The van der Waals surface area contributed by atoms with Gasteiger partial charge in [0.15, 0.2) is 0 Å². The van der Waals surface area contributed by atoms with E-state index >= 15 is 0 Å². The molecule has 0 fully saturated rings. The summed E-state index contributed by atoms with van der Waals surface area (Å²) in [6, 6.07) is 2.09. The third-order valence-electron chi connectivity index (χ3n) is 3.17. The van der Waals surface area contributed by atoms with Crippen molar-refractivity contribution in [2.24, 2.45) is 5.41 Å². The van der Waals surface area contributed by atoms with Gasteiger partial charge in [-0.15, -0.1) is 0 Å². The maximum atomic E-state index is 9.22. The van der Waals surface area contributed by atoms with E-state index in [-0.39, 0.29) is 18.1 Å². The minimum Gasteiger partial charge on any atom is -0.396 e. The van der Waals surface area contributed by atoms with Crippen molar-refractivity contribution < 1.29 is 5.11 Å². The van der Waals surface area contributed by atoms with Gasteiger partial charge in [0.1, 0.15) is 12.1 Å². The van der Waals surface area contributed by atoms with E-state index in [1.165, 1.54) is 6.33 Å². The van der Waals surface area contributed by atoms with E-state index in [2.05, 4.69) is 41.2 Å². The molecule has 0 aliphatic carbocycles. The molecule has 19 heavy (non-hydrogen) atoms. The van der Waals surface area contributed by atoms with Gasteiger partial charge in [-0.3, -0.25) is 0 Å². The summed E-state index contributed by atoms with van der Waals surface area (Å²) < 4.78 is 1.68. The molecule has 0 aliphatic heterocycles. The predicted molar refractivity (Wildman–Crippen MR) is 74.1 cm³/mol. The fourth-order valence-electron chi connectivity index (χ4n) is 2.06. The number of rotatable bonds is 4. The Bertz CT molecular complexity index is 558. The number of anilines is 1. The van der Waals surface area contributed by atoms with E-state index in [9.17, 15) is 5.11 Å². The van der Waals surface area contributed by atoms with Gasteiger partial charge in [0, 0.05) is 24.4 Å². The maximum Gasteiger partial charge on any atom is 0.254 e. The lowest BCUT2D eigenvalue weighted by atomic mass is 9.85. The second kappa shape index (κ2) is 5.13. The third kappa shape index (κ3) is 3.01. The Labute approximate surface area is 112 Å². The van der Waals surface area contributed by atoms with E-state index in [1.54, 1.807) is 4.52 Å². The van der Waals surface area contributed by atoms with Gasteiger partial charge in [-0.1, -0.05) is 20.8 Å². The van der Waals surface area contributed by atoms with E-state index in [0.717, 1.165) is 11.5 Å². The minimum absolute atomic E-state index is 0.0345. The van der Waals surface area contributed by atoms with Gasteiger partial charge in [0.2, 0.25) is 0 Å². The quantitative estimate of drug-likeness (QED) is 0.877. The Morgan fingerprint density at radius 1 is 1.42 bits per heavy atom. The van der Waals surface area contributed by atoms with E-state index in [1.807, 2.05) is 13.0 Å². The third-order valence-corrected chi connectivity index (χ3v) is 3.17. The molecule has 1 unspecified atom stereocenters. The first-order valence-corrected chi connectivity index (χ1v) is 6.46. The molecule has 0 aliphatic rings. The van der Waals surface area contributed by atoms with E-state index in [0.29, 0.717) is 12.2 Å². The van der Waals surface area contributed by atoms with Crippen molar-refractivity contribution in [1.82, 2.24) is 19.6 Å². The highest BCUT2D eigenvalue weighted by molar-refractivity contribution is 5.45. The topological polar surface area (TPSA) is 75.3 Å². The van der Waals surface area contributed by atoms with Crippen LogP contribution in [-0.4, -0.2) is 37.3 Å². The number of aromatic nitrogens is 4. The van der Waals surface area contributed by atoms with Crippen molar-refractivity contribution in [1.29, 1.82) is 0 Å². The Kier molecular flexibility index (Phi) is 3.71. The molecule has 2 rings (SSSR count). The molecule has 2 aromatic rings. The second-order valence-electron chi connectivity index (χ2n) is 5.83. The minimum atomic E-state index is 0.0345. The Morgan fingerprint density at radius 2 is 2.16 bits per heavy atom. The largest absolute Gasteiger partial charge is 0.396 e. The standard InChI is InChI=1S/C13H21N5O/c1-9-7-11(18-12(16-9)14-8-15-18)17-10(5-6-19)13(2,3)4/h7-8,10,17,19H,5-6H2,1-4H3. The van der Waals surface area contributed by atoms with Crippen LogP contribution in [0, 0.1) is 12.3 Å². The SMILES string of the molecule is Cc1cc(NC(CCO)C(C)(C)C)n2ncnc2n1. The molecule has 1 atom stereocenters. The first-order chi connectivity index (χ1) is 8.91. The van der Waals surface area contributed by atoms with E-state index in [4.69, 9.17) is 0 Å². The Hall–Kier alpha value is -1.69. The Morgan fingerprint density at radius 3 is 2.79 bits per heavy atom. The first kappa shape index (κ1) is 13.7. The summed E-state index contributed by atoms with van der Waals surface area (Å²) in [6.45, 7) is 8.52. The molecule has 0 saturated carbocycles. The van der Waals surface area contributed by atoms with Crippen molar-refractivity contribution in [3.8, 4) is 0 Å². The zero-order valence-electron chi connectivity index (χ0n) is 11.9. The van der Waals surface area contributed by atoms with Gasteiger partial charge in [-0.25, -0.2) is 4.98 Å². The summed E-state index contributed by atoms with van der Waals surface area (Å²) in [5.41, 5.74) is 0.923. The summed E-state index contributed by atoms with van der Waals surface area (Å²) in [4.78, 5) is 8.42. The number of aliphatic hydroxyl groups is 1. The van der Waals surface area contributed by atoms with Gasteiger partial charge in [-0.05, 0) is 18.8 Å². The summed E-state index contributed by atoms with van der Waals surface area (Å²) >= 11 is 0. The summed E-state index contributed by atoms with van der Waals surface area (Å²) in [6.07, 6.45) is 2.17. The van der Waals surface area contributed by atoms with Gasteiger partial charge in [0.25, 0.3) is 5.78 Å². The molecule has 104 valence electrons. The van der Waals surface area contributed by atoms with Crippen LogP contribution in [0.4, 0.5) is 5.82 Å². The molecule has 2 aromatic heterocycles. The molecule has 2 heterocycles. The van der Waals surface area contributed by atoms with Crippen molar-refractivity contribution in [3.05, 3.63) is 18.1 Å². The van der Waals surface area contributed by atoms with Crippen molar-refractivity contribution >= 4 is 11.6 Å². The predicted octanol–water partition coefficient (Wildman–Crippen LogP) is 1.64. The lowest BCUT2D eigenvalue weighted by molar-refractivity contribution is 0.235. The number of nitrogens with zero attached hydrogens (tertiary/aromatic N) is 4. The second-order valence-corrected chi connectivity index (χ2v) is 5.83. The van der Waals surface area contributed by atoms with Crippen LogP contribution in [0.1, 0.15) is 32.9 Å². The molecule has 0 saturated heterocycles. The summed E-state index contributed by atoms with van der Waals surface area (Å²) in [7, 11) is 0. The molecular weight excluding hydrogens is 242 g/mol. The molecule has 0 aromatic carbocycles. The normalized spacial score (nSPS) is 13.7. The summed E-state index contributed by atoms with van der Waals surface area (Å²) in [5, 5.41) is 16.8. The molecule has 6 heteroatoms. The van der Waals surface area contributed by atoms with Gasteiger partial charge in [-0.2, -0.15) is 14.6 Å². The molecule has 0 radical (unpaired) electrons. The zero-order chi connectivity index (χ0) is 14.0. The smallest absolute Gasteiger partial charge is 0.254 e. The van der Waals surface area contributed by atoms with Gasteiger partial charge in [0.05, 0.1) is 0 Å². The lowest BCUT2D eigenvalue weighted by Gasteiger charge is -2.32. The first-order valence-electron chi connectivity index (χ1n) is 6.46. The number of nitrogens with one attached hydrogen (secondary N) is 1. The van der Waals surface area contributed by atoms with Gasteiger partial charge >= 0.3 is 0 Å². The molecule has 2 N–H and O–H groups in total. The number of aliphatic hydroxyl groups excluding tert-OH is 1. The maximum absolute atomic E-state index is 9.22. The highest BCUT2D eigenvalue weighted by Crippen LogP contribution is 2.25. The van der Waals surface area contributed by atoms with Crippen LogP contribution < -0.4 is 5.32 Å². The number of fused-ring (bicyclic) bond motifs is 1. The fourth-order valence-corrected chi connectivity index (χ4v) is 2.06. The van der Waals surface area contributed by atoms with Crippen LogP contribution in [0.3, 0.4) is 0 Å².